The molecule has 0 aromatic heterocycles. The van der Waals surface area contributed by atoms with Crippen LogP contribution < -0.4 is 10.2 Å². The molecule has 2 N–H and O–H groups in total. The van der Waals surface area contributed by atoms with Crippen LogP contribution in [0.3, 0.4) is 0 Å². The molecule has 1 saturated heterocycles. The van der Waals surface area contributed by atoms with Gasteiger partial charge in [-0.1, -0.05) is 72.8 Å². The van der Waals surface area contributed by atoms with Crippen LogP contribution in [-0.2, 0) is 11.3 Å². The third-order valence-electron chi connectivity index (χ3n) is 5.82. The summed E-state index contributed by atoms with van der Waals surface area (Å²) in [7, 11) is 0. The minimum atomic E-state index is -0.233. The molecule has 3 aromatic carbocycles. The highest BCUT2D eigenvalue weighted by atomic mass is 16.2. The molecule has 0 aliphatic carbocycles. The molecule has 1 fully saturated rings. The van der Waals surface area contributed by atoms with Crippen LogP contribution in [0.1, 0.15) is 12.5 Å². The molecule has 154 valence electrons. The number of benzene rings is 3. The Morgan fingerprint density at radius 1 is 0.867 bits per heavy atom. The number of carbonyl (C=O) groups is 1. The van der Waals surface area contributed by atoms with E-state index in [1.807, 2.05) is 42.2 Å². The summed E-state index contributed by atoms with van der Waals surface area (Å²) in [6, 6.07) is 29.0. The Bertz CT molecular complexity index is 933. The molecule has 0 spiro atoms. The quantitative estimate of drug-likeness (QED) is 0.667. The standard InChI is InChI=1S/C26H29N3O/c1-21(27-25-14-12-24(13-15-25)23-10-6-3-7-11-23)26(30)29-18-16-28(17-19-29)20-22-8-4-2-5-9-22/h2-15,21,27H,16-20H2,1H3/p+1/t21-/m1/s1. The topological polar surface area (TPSA) is 36.8 Å². The molecule has 1 aliphatic heterocycles. The average molecular weight is 401 g/mol. The smallest absolute Gasteiger partial charge is 0.245 e. The molecule has 0 bridgehead atoms. The number of amides is 1. The minimum Gasteiger partial charge on any atom is -0.374 e. The summed E-state index contributed by atoms with van der Waals surface area (Å²) in [5.41, 5.74) is 4.71. The largest absolute Gasteiger partial charge is 0.374 e. The molecule has 0 unspecified atom stereocenters. The second-order valence-electron chi connectivity index (χ2n) is 8.05. The van der Waals surface area contributed by atoms with Crippen molar-refractivity contribution >= 4 is 11.6 Å². The van der Waals surface area contributed by atoms with Gasteiger partial charge in [0, 0.05) is 11.3 Å². The Kier molecular flexibility index (Phi) is 6.45. The molecule has 3 aromatic rings. The van der Waals surface area contributed by atoms with E-state index in [4.69, 9.17) is 0 Å². The van der Waals surface area contributed by atoms with E-state index in [9.17, 15) is 4.79 Å². The molecule has 0 radical (unpaired) electrons. The molecule has 4 heteroatoms. The van der Waals surface area contributed by atoms with Crippen molar-refractivity contribution in [2.24, 2.45) is 0 Å². The van der Waals surface area contributed by atoms with Crippen LogP contribution in [0.5, 0.6) is 0 Å². The SMILES string of the molecule is C[C@@H](Nc1ccc(-c2ccccc2)cc1)C(=O)N1CC[NH+](Cc2ccccc2)CC1. The van der Waals surface area contributed by atoms with Crippen molar-refractivity contribution in [3.63, 3.8) is 0 Å². The van der Waals surface area contributed by atoms with Crippen molar-refractivity contribution in [2.45, 2.75) is 19.5 Å². The van der Waals surface area contributed by atoms with Crippen LogP contribution in [-0.4, -0.2) is 43.0 Å². The van der Waals surface area contributed by atoms with E-state index >= 15 is 0 Å². The Labute approximate surface area is 179 Å². The molecule has 30 heavy (non-hydrogen) atoms. The average Bonchev–Trinajstić information content (AvgIpc) is 2.81. The highest BCUT2D eigenvalue weighted by Gasteiger charge is 2.26. The Morgan fingerprint density at radius 2 is 1.43 bits per heavy atom. The maximum absolute atomic E-state index is 12.9. The van der Waals surface area contributed by atoms with Crippen LogP contribution in [0.25, 0.3) is 11.1 Å². The lowest BCUT2D eigenvalue weighted by Gasteiger charge is -2.34. The van der Waals surface area contributed by atoms with Gasteiger partial charge in [0.25, 0.3) is 0 Å². The summed E-state index contributed by atoms with van der Waals surface area (Å²) < 4.78 is 0. The van der Waals surface area contributed by atoms with E-state index in [-0.39, 0.29) is 11.9 Å². The second-order valence-corrected chi connectivity index (χ2v) is 8.05. The van der Waals surface area contributed by atoms with Gasteiger partial charge in [0.1, 0.15) is 12.6 Å². The lowest BCUT2D eigenvalue weighted by Crippen LogP contribution is -3.13. The molecule has 0 saturated carbocycles. The number of quaternary nitrogens is 1. The van der Waals surface area contributed by atoms with Gasteiger partial charge in [-0.2, -0.15) is 0 Å². The number of anilines is 1. The van der Waals surface area contributed by atoms with Gasteiger partial charge in [-0.05, 0) is 30.2 Å². The zero-order chi connectivity index (χ0) is 20.8. The Balaban J connectivity index is 1.28. The number of piperazine rings is 1. The number of carbonyl (C=O) groups excluding carboxylic acids is 1. The van der Waals surface area contributed by atoms with E-state index in [1.54, 1.807) is 4.90 Å². The van der Waals surface area contributed by atoms with Crippen LogP contribution in [0.2, 0.25) is 0 Å². The molecular weight excluding hydrogens is 370 g/mol. The molecular formula is C26H30N3O+. The van der Waals surface area contributed by atoms with Gasteiger partial charge < -0.3 is 15.1 Å². The summed E-state index contributed by atoms with van der Waals surface area (Å²) in [6.45, 7) is 6.62. The van der Waals surface area contributed by atoms with Crippen LogP contribution >= 0.6 is 0 Å². The lowest BCUT2D eigenvalue weighted by atomic mass is 10.1. The molecule has 1 atom stereocenters. The first-order valence-electron chi connectivity index (χ1n) is 10.8. The summed E-state index contributed by atoms with van der Waals surface area (Å²) in [5.74, 6) is 0.181. The maximum Gasteiger partial charge on any atom is 0.245 e. The molecule has 4 nitrogen and oxygen atoms in total. The van der Waals surface area contributed by atoms with E-state index in [2.05, 4.69) is 59.9 Å². The van der Waals surface area contributed by atoms with Crippen molar-refractivity contribution in [2.75, 3.05) is 31.5 Å². The predicted octanol–water partition coefficient (Wildman–Crippen LogP) is 3.08. The minimum absolute atomic E-state index is 0.181. The van der Waals surface area contributed by atoms with Gasteiger partial charge in [0.05, 0.1) is 26.2 Å². The summed E-state index contributed by atoms with van der Waals surface area (Å²) >= 11 is 0. The van der Waals surface area contributed by atoms with Gasteiger partial charge >= 0.3 is 0 Å². The predicted molar refractivity (Wildman–Crippen MR) is 122 cm³/mol. The van der Waals surface area contributed by atoms with Gasteiger partial charge in [0.15, 0.2) is 0 Å². The first-order valence-corrected chi connectivity index (χ1v) is 10.8. The van der Waals surface area contributed by atoms with Gasteiger partial charge in [-0.15, -0.1) is 0 Å². The highest BCUT2D eigenvalue weighted by Crippen LogP contribution is 2.21. The number of nitrogens with zero attached hydrogens (tertiary/aromatic N) is 1. The molecule has 4 rings (SSSR count). The van der Waals surface area contributed by atoms with Crippen molar-refractivity contribution in [3.05, 3.63) is 90.5 Å². The van der Waals surface area contributed by atoms with E-state index < -0.39 is 0 Å². The Hall–Kier alpha value is -3.11. The van der Waals surface area contributed by atoms with Gasteiger partial charge in [-0.25, -0.2) is 0 Å². The zero-order valence-corrected chi connectivity index (χ0v) is 17.6. The maximum atomic E-state index is 12.9. The first kappa shape index (κ1) is 20.2. The van der Waals surface area contributed by atoms with Crippen molar-refractivity contribution in [1.82, 2.24) is 4.90 Å². The third kappa shape index (κ3) is 5.08. The first-order chi connectivity index (χ1) is 14.7. The normalized spacial score (nSPS) is 15.6. The van der Waals surface area contributed by atoms with Crippen LogP contribution in [0.15, 0.2) is 84.9 Å². The lowest BCUT2D eigenvalue weighted by molar-refractivity contribution is -0.917. The Morgan fingerprint density at radius 3 is 2.07 bits per heavy atom. The van der Waals surface area contributed by atoms with E-state index in [0.717, 1.165) is 38.4 Å². The van der Waals surface area contributed by atoms with Crippen LogP contribution in [0, 0.1) is 0 Å². The molecule has 1 amide bonds. The van der Waals surface area contributed by atoms with E-state index in [1.165, 1.54) is 16.7 Å². The number of rotatable bonds is 6. The monoisotopic (exact) mass is 400 g/mol. The van der Waals surface area contributed by atoms with Crippen LogP contribution in [0.4, 0.5) is 5.69 Å². The fourth-order valence-corrected chi connectivity index (χ4v) is 4.08. The summed E-state index contributed by atoms with van der Waals surface area (Å²) in [5, 5.41) is 3.37. The second kappa shape index (κ2) is 9.59. The zero-order valence-electron chi connectivity index (χ0n) is 17.6. The van der Waals surface area contributed by atoms with Crippen molar-refractivity contribution < 1.29 is 9.69 Å². The van der Waals surface area contributed by atoms with Crippen molar-refractivity contribution in [1.29, 1.82) is 0 Å². The number of hydrogen-bond acceptors (Lipinski definition) is 2. The molecule has 1 aliphatic rings. The molecule has 1 heterocycles. The van der Waals surface area contributed by atoms with Gasteiger partial charge in [-0.3, -0.25) is 4.79 Å². The van der Waals surface area contributed by atoms with E-state index in [0.29, 0.717) is 0 Å². The summed E-state index contributed by atoms with van der Waals surface area (Å²) in [4.78, 5) is 16.5. The highest BCUT2D eigenvalue weighted by molar-refractivity contribution is 5.84. The fourth-order valence-electron chi connectivity index (χ4n) is 4.08. The third-order valence-corrected chi connectivity index (χ3v) is 5.82. The van der Waals surface area contributed by atoms with Crippen molar-refractivity contribution in [3.8, 4) is 11.1 Å². The number of nitrogens with one attached hydrogen (secondary N) is 2. The fraction of sp³-hybridized carbons (Fsp3) is 0.269. The summed E-state index contributed by atoms with van der Waals surface area (Å²) in [6.07, 6.45) is 0. The number of hydrogen-bond donors (Lipinski definition) is 2. The van der Waals surface area contributed by atoms with Gasteiger partial charge in [0.2, 0.25) is 5.91 Å².